The molecule has 8 heteroatoms. The van der Waals surface area contributed by atoms with Gasteiger partial charge in [0, 0.05) is 17.7 Å². The number of pyridine rings is 1. The van der Waals surface area contributed by atoms with Crippen LogP contribution in [-0.2, 0) is 0 Å². The maximum absolute atomic E-state index is 12.7. The van der Waals surface area contributed by atoms with Gasteiger partial charge >= 0.3 is 0 Å². The highest BCUT2D eigenvalue weighted by Crippen LogP contribution is 2.35. The number of aromatic nitrogens is 1. The molecule has 0 fully saturated rings. The van der Waals surface area contributed by atoms with Crippen LogP contribution >= 0.6 is 23.2 Å². The standard InChI is InChI=1S/C19H17Cl2N3O3/c1-2-5-23-19(27)9-3-4-14-11(6-9)17(25)18(26)16(24-14)10-7-12(20)15(22)13(21)8-10/h3-4,6-8,26H,2,5,22H2,1H3,(H,23,27)(H,24,25). The number of amides is 1. The third kappa shape index (κ3) is 3.59. The zero-order chi connectivity index (χ0) is 19.7. The molecule has 0 aliphatic carbocycles. The summed E-state index contributed by atoms with van der Waals surface area (Å²) in [5.74, 6) is -0.774. The van der Waals surface area contributed by atoms with Crippen LogP contribution in [-0.4, -0.2) is 22.5 Å². The molecular weight excluding hydrogens is 389 g/mol. The highest BCUT2D eigenvalue weighted by Gasteiger charge is 2.16. The molecule has 5 N–H and O–H groups in total. The van der Waals surface area contributed by atoms with Gasteiger partial charge in [-0.2, -0.15) is 0 Å². The van der Waals surface area contributed by atoms with E-state index >= 15 is 0 Å². The van der Waals surface area contributed by atoms with Crippen LogP contribution < -0.4 is 16.5 Å². The second-order valence-electron chi connectivity index (χ2n) is 6.05. The first-order valence-electron chi connectivity index (χ1n) is 8.25. The molecule has 3 rings (SSSR count). The fourth-order valence-corrected chi connectivity index (χ4v) is 3.18. The monoisotopic (exact) mass is 405 g/mol. The van der Waals surface area contributed by atoms with Crippen molar-refractivity contribution < 1.29 is 9.90 Å². The Morgan fingerprint density at radius 3 is 2.52 bits per heavy atom. The van der Waals surface area contributed by atoms with Crippen molar-refractivity contribution in [1.82, 2.24) is 10.3 Å². The van der Waals surface area contributed by atoms with Gasteiger partial charge < -0.3 is 21.1 Å². The predicted octanol–water partition coefficient (Wildman–Crippen LogP) is 3.93. The van der Waals surface area contributed by atoms with Crippen LogP contribution in [0.3, 0.4) is 0 Å². The largest absolute Gasteiger partial charge is 0.503 e. The van der Waals surface area contributed by atoms with Gasteiger partial charge in [0.25, 0.3) is 5.91 Å². The van der Waals surface area contributed by atoms with Crippen molar-refractivity contribution in [3.63, 3.8) is 0 Å². The van der Waals surface area contributed by atoms with E-state index in [9.17, 15) is 14.7 Å². The summed E-state index contributed by atoms with van der Waals surface area (Å²) in [6, 6.07) is 7.68. The molecule has 0 saturated heterocycles. The number of aromatic amines is 1. The number of carbonyl (C=O) groups excluding carboxylic acids is 1. The van der Waals surface area contributed by atoms with E-state index in [4.69, 9.17) is 28.9 Å². The van der Waals surface area contributed by atoms with E-state index in [1.54, 1.807) is 12.1 Å². The summed E-state index contributed by atoms with van der Waals surface area (Å²) < 4.78 is 0. The Morgan fingerprint density at radius 2 is 1.89 bits per heavy atom. The van der Waals surface area contributed by atoms with Gasteiger partial charge in [-0.05, 0) is 36.8 Å². The lowest BCUT2D eigenvalue weighted by molar-refractivity contribution is 0.0954. The zero-order valence-electron chi connectivity index (χ0n) is 14.4. The molecule has 0 bridgehead atoms. The first-order valence-corrected chi connectivity index (χ1v) is 9.01. The molecular formula is C19H17Cl2N3O3. The fraction of sp³-hybridized carbons (Fsp3) is 0.158. The van der Waals surface area contributed by atoms with E-state index in [1.165, 1.54) is 18.2 Å². The van der Waals surface area contributed by atoms with E-state index in [0.29, 0.717) is 23.2 Å². The first-order chi connectivity index (χ1) is 12.8. The Kier molecular flexibility index (Phi) is 5.30. The minimum absolute atomic E-state index is 0.166. The van der Waals surface area contributed by atoms with Crippen LogP contribution in [0.2, 0.25) is 10.0 Å². The molecule has 3 aromatic rings. The molecule has 1 aromatic heterocycles. The Morgan fingerprint density at radius 1 is 1.22 bits per heavy atom. The molecule has 6 nitrogen and oxygen atoms in total. The summed E-state index contributed by atoms with van der Waals surface area (Å²) in [4.78, 5) is 27.8. The Balaban J connectivity index is 2.15. The van der Waals surface area contributed by atoms with E-state index in [0.717, 1.165) is 6.42 Å². The number of nitrogens with one attached hydrogen (secondary N) is 2. The normalized spacial score (nSPS) is 10.9. The van der Waals surface area contributed by atoms with E-state index in [-0.39, 0.29) is 32.7 Å². The smallest absolute Gasteiger partial charge is 0.251 e. The van der Waals surface area contributed by atoms with Gasteiger partial charge in [-0.1, -0.05) is 30.1 Å². The lowest BCUT2D eigenvalue weighted by atomic mass is 10.1. The van der Waals surface area contributed by atoms with Crippen molar-refractivity contribution in [2.24, 2.45) is 0 Å². The van der Waals surface area contributed by atoms with Crippen LogP contribution in [0, 0.1) is 0 Å². The Labute approximate surface area is 164 Å². The second-order valence-corrected chi connectivity index (χ2v) is 6.86. The minimum Gasteiger partial charge on any atom is -0.503 e. The molecule has 0 saturated carbocycles. The van der Waals surface area contributed by atoms with E-state index in [1.807, 2.05) is 6.92 Å². The van der Waals surface area contributed by atoms with Gasteiger partial charge in [0.2, 0.25) is 5.43 Å². The van der Waals surface area contributed by atoms with Gasteiger partial charge in [0.15, 0.2) is 5.75 Å². The van der Waals surface area contributed by atoms with Gasteiger partial charge in [0.1, 0.15) is 0 Å². The first kappa shape index (κ1) is 19.1. The molecule has 27 heavy (non-hydrogen) atoms. The molecule has 0 atom stereocenters. The van der Waals surface area contributed by atoms with Crippen molar-refractivity contribution in [2.75, 3.05) is 12.3 Å². The zero-order valence-corrected chi connectivity index (χ0v) is 15.9. The van der Waals surface area contributed by atoms with Crippen molar-refractivity contribution >= 4 is 45.7 Å². The summed E-state index contributed by atoms with van der Waals surface area (Å²) in [5.41, 5.74) is 6.73. The quantitative estimate of drug-likeness (QED) is 0.493. The average molecular weight is 406 g/mol. The van der Waals surface area contributed by atoms with Crippen LogP contribution in [0.1, 0.15) is 23.7 Å². The van der Waals surface area contributed by atoms with Crippen LogP contribution in [0.4, 0.5) is 5.69 Å². The Bertz CT molecular complexity index is 1090. The second kappa shape index (κ2) is 7.50. The molecule has 1 amide bonds. The summed E-state index contributed by atoms with van der Waals surface area (Å²) in [6.07, 6.45) is 0.802. The number of nitrogen functional groups attached to an aromatic ring is 1. The van der Waals surface area contributed by atoms with Crippen LogP contribution in [0.25, 0.3) is 22.2 Å². The molecule has 0 aliphatic rings. The highest BCUT2D eigenvalue weighted by molar-refractivity contribution is 6.39. The number of aromatic hydroxyl groups is 1. The molecule has 0 aliphatic heterocycles. The topological polar surface area (TPSA) is 108 Å². The van der Waals surface area contributed by atoms with Gasteiger partial charge in [0.05, 0.1) is 32.3 Å². The number of nitrogens with two attached hydrogens (primary N) is 1. The number of anilines is 1. The van der Waals surface area contributed by atoms with Gasteiger partial charge in [-0.25, -0.2) is 0 Å². The summed E-state index contributed by atoms with van der Waals surface area (Å²) in [6.45, 7) is 2.48. The van der Waals surface area contributed by atoms with E-state index < -0.39 is 11.2 Å². The van der Waals surface area contributed by atoms with Gasteiger partial charge in [-0.3, -0.25) is 9.59 Å². The molecule has 0 radical (unpaired) electrons. The molecule has 1 heterocycles. The van der Waals surface area contributed by atoms with Crippen molar-refractivity contribution in [3.05, 3.63) is 56.2 Å². The third-order valence-corrected chi connectivity index (χ3v) is 4.77. The molecule has 0 spiro atoms. The maximum Gasteiger partial charge on any atom is 0.251 e. The highest BCUT2D eigenvalue weighted by atomic mass is 35.5. The lowest BCUT2D eigenvalue weighted by Crippen LogP contribution is -2.24. The summed E-state index contributed by atoms with van der Waals surface area (Å²) >= 11 is 12.1. The van der Waals surface area contributed by atoms with Crippen molar-refractivity contribution in [1.29, 1.82) is 0 Å². The van der Waals surface area contributed by atoms with Crippen LogP contribution in [0.15, 0.2) is 35.1 Å². The number of carbonyl (C=O) groups is 1. The number of fused-ring (bicyclic) bond motifs is 1. The molecule has 0 unspecified atom stereocenters. The fourth-order valence-electron chi connectivity index (χ4n) is 2.70. The van der Waals surface area contributed by atoms with Crippen LogP contribution in [0.5, 0.6) is 5.75 Å². The molecule has 2 aromatic carbocycles. The minimum atomic E-state index is -0.604. The summed E-state index contributed by atoms with van der Waals surface area (Å²) in [5, 5.41) is 13.8. The SMILES string of the molecule is CCCNC(=O)c1ccc2[nH]c(-c3cc(Cl)c(N)c(Cl)c3)c(O)c(=O)c2c1. The van der Waals surface area contributed by atoms with Crippen molar-refractivity contribution in [2.45, 2.75) is 13.3 Å². The lowest BCUT2D eigenvalue weighted by Gasteiger charge is -2.11. The van der Waals surface area contributed by atoms with Crippen molar-refractivity contribution in [3.8, 4) is 17.0 Å². The number of hydrogen-bond acceptors (Lipinski definition) is 4. The maximum atomic E-state index is 12.7. The average Bonchev–Trinajstić information content (AvgIpc) is 2.66. The van der Waals surface area contributed by atoms with E-state index in [2.05, 4.69) is 10.3 Å². The molecule has 140 valence electrons. The predicted molar refractivity (Wildman–Crippen MR) is 109 cm³/mol. The number of benzene rings is 2. The number of rotatable bonds is 4. The number of H-pyrrole nitrogens is 1. The Hall–Kier alpha value is -2.70. The number of halogens is 2. The van der Waals surface area contributed by atoms with Gasteiger partial charge in [-0.15, -0.1) is 0 Å². The summed E-state index contributed by atoms with van der Waals surface area (Å²) in [7, 11) is 0. The number of hydrogen-bond donors (Lipinski definition) is 4. The third-order valence-electron chi connectivity index (χ3n) is 4.14.